The standard InChI is InChI=1S/C11H22ClNO2S/c1-16(14,15)10-9-13(8-7-12)11-5-3-2-4-6-11/h11H,2-10H2,1H3. The van der Waals surface area contributed by atoms with Crippen molar-refractivity contribution in [3.63, 3.8) is 0 Å². The molecule has 0 N–H and O–H groups in total. The van der Waals surface area contributed by atoms with Crippen molar-refractivity contribution in [3.05, 3.63) is 0 Å². The Balaban J connectivity index is 2.45. The van der Waals surface area contributed by atoms with Crippen molar-refractivity contribution in [1.29, 1.82) is 0 Å². The Bertz CT molecular complexity index is 286. The summed E-state index contributed by atoms with van der Waals surface area (Å²) in [5.41, 5.74) is 0. The quantitative estimate of drug-likeness (QED) is 0.690. The molecule has 1 aliphatic carbocycles. The summed E-state index contributed by atoms with van der Waals surface area (Å²) in [7, 11) is -2.86. The number of alkyl halides is 1. The Kier molecular flexibility index (Phi) is 6.08. The monoisotopic (exact) mass is 267 g/mol. The summed E-state index contributed by atoms with van der Waals surface area (Å²) in [4.78, 5) is 2.26. The first-order valence-electron chi connectivity index (χ1n) is 6.00. The molecule has 0 radical (unpaired) electrons. The minimum atomic E-state index is -2.86. The van der Waals surface area contributed by atoms with Crippen LogP contribution in [-0.2, 0) is 9.84 Å². The molecule has 1 saturated carbocycles. The van der Waals surface area contributed by atoms with Crippen LogP contribution in [0.25, 0.3) is 0 Å². The lowest BCUT2D eigenvalue weighted by atomic mass is 9.94. The lowest BCUT2D eigenvalue weighted by molar-refractivity contribution is 0.174. The number of hydrogen-bond donors (Lipinski definition) is 0. The van der Waals surface area contributed by atoms with Crippen LogP contribution in [0.1, 0.15) is 32.1 Å². The van der Waals surface area contributed by atoms with Crippen molar-refractivity contribution in [2.75, 3.05) is 31.0 Å². The van der Waals surface area contributed by atoms with E-state index in [0.717, 1.165) is 6.54 Å². The minimum Gasteiger partial charge on any atom is -0.298 e. The van der Waals surface area contributed by atoms with Gasteiger partial charge in [0.15, 0.2) is 0 Å². The Hall–Kier alpha value is 0.200. The Morgan fingerprint density at radius 2 is 1.81 bits per heavy atom. The van der Waals surface area contributed by atoms with E-state index in [0.29, 0.717) is 18.5 Å². The fraction of sp³-hybridized carbons (Fsp3) is 1.00. The van der Waals surface area contributed by atoms with Gasteiger partial charge < -0.3 is 0 Å². The van der Waals surface area contributed by atoms with Crippen molar-refractivity contribution in [2.24, 2.45) is 0 Å². The third-order valence-corrected chi connectivity index (χ3v) is 4.31. The average molecular weight is 268 g/mol. The molecule has 0 aromatic rings. The van der Waals surface area contributed by atoms with Gasteiger partial charge in [-0.15, -0.1) is 11.6 Å². The van der Waals surface area contributed by atoms with E-state index in [1.54, 1.807) is 0 Å². The van der Waals surface area contributed by atoms with Gasteiger partial charge in [0.25, 0.3) is 0 Å². The number of rotatable bonds is 6. The molecule has 0 heterocycles. The summed E-state index contributed by atoms with van der Waals surface area (Å²) in [6.07, 6.45) is 7.54. The highest BCUT2D eigenvalue weighted by Crippen LogP contribution is 2.22. The zero-order chi connectivity index (χ0) is 12.0. The molecule has 5 heteroatoms. The van der Waals surface area contributed by atoms with Crippen LogP contribution in [0.4, 0.5) is 0 Å². The summed E-state index contributed by atoms with van der Waals surface area (Å²) in [6, 6.07) is 0.550. The third kappa shape index (κ3) is 5.51. The van der Waals surface area contributed by atoms with Crippen LogP contribution >= 0.6 is 11.6 Å². The van der Waals surface area contributed by atoms with E-state index in [1.165, 1.54) is 38.4 Å². The minimum absolute atomic E-state index is 0.250. The van der Waals surface area contributed by atoms with Gasteiger partial charge in [-0.3, -0.25) is 4.90 Å². The van der Waals surface area contributed by atoms with Crippen LogP contribution in [0.15, 0.2) is 0 Å². The van der Waals surface area contributed by atoms with E-state index >= 15 is 0 Å². The highest BCUT2D eigenvalue weighted by atomic mass is 35.5. The molecule has 0 spiro atoms. The van der Waals surface area contributed by atoms with Gasteiger partial charge in [-0.2, -0.15) is 0 Å². The fourth-order valence-electron chi connectivity index (χ4n) is 2.31. The molecule has 96 valence electrons. The molecule has 0 bridgehead atoms. The maximum absolute atomic E-state index is 11.2. The van der Waals surface area contributed by atoms with E-state index in [9.17, 15) is 8.42 Å². The van der Waals surface area contributed by atoms with Crippen molar-refractivity contribution in [3.8, 4) is 0 Å². The SMILES string of the molecule is CS(=O)(=O)CCN(CCCl)C1CCCCC1. The second-order valence-electron chi connectivity index (χ2n) is 4.65. The van der Waals surface area contributed by atoms with Gasteiger partial charge in [-0.25, -0.2) is 8.42 Å². The molecule has 0 aromatic heterocycles. The summed E-state index contributed by atoms with van der Waals surface area (Å²) in [5.74, 6) is 0.834. The van der Waals surface area contributed by atoms with Gasteiger partial charge in [0.2, 0.25) is 0 Å². The molecular formula is C11H22ClNO2S. The molecule has 1 fully saturated rings. The topological polar surface area (TPSA) is 37.4 Å². The van der Waals surface area contributed by atoms with Crippen molar-refractivity contribution < 1.29 is 8.42 Å². The number of nitrogens with zero attached hydrogens (tertiary/aromatic N) is 1. The van der Waals surface area contributed by atoms with Gasteiger partial charge in [0.05, 0.1) is 5.75 Å². The molecule has 0 aromatic carbocycles. The van der Waals surface area contributed by atoms with E-state index < -0.39 is 9.84 Å². The first-order chi connectivity index (χ1) is 7.53. The number of hydrogen-bond acceptors (Lipinski definition) is 3. The van der Waals surface area contributed by atoms with E-state index in [4.69, 9.17) is 11.6 Å². The van der Waals surface area contributed by atoms with Crippen LogP contribution < -0.4 is 0 Å². The smallest absolute Gasteiger partial charge is 0.148 e. The lowest BCUT2D eigenvalue weighted by Crippen LogP contribution is -2.40. The van der Waals surface area contributed by atoms with Crippen LogP contribution in [0.2, 0.25) is 0 Å². The molecule has 3 nitrogen and oxygen atoms in total. The zero-order valence-electron chi connectivity index (χ0n) is 9.99. The second-order valence-corrected chi connectivity index (χ2v) is 7.28. The molecule has 1 aliphatic rings. The van der Waals surface area contributed by atoms with Crippen molar-refractivity contribution in [2.45, 2.75) is 38.1 Å². The van der Waals surface area contributed by atoms with Gasteiger partial charge >= 0.3 is 0 Å². The summed E-state index contributed by atoms with van der Waals surface area (Å²) in [5, 5.41) is 0. The first kappa shape index (κ1) is 14.3. The number of sulfone groups is 1. The van der Waals surface area contributed by atoms with E-state index in [2.05, 4.69) is 4.90 Å². The van der Waals surface area contributed by atoms with E-state index in [1.807, 2.05) is 0 Å². The summed E-state index contributed by atoms with van der Waals surface area (Å²) >= 11 is 5.77. The summed E-state index contributed by atoms with van der Waals surface area (Å²) < 4.78 is 22.3. The van der Waals surface area contributed by atoms with Crippen LogP contribution in [0.3, 0.4) is 0 Å². The molecule has 0 unspecified atom stereocenters. The van der Waals surface area contributed by atoms with Crippen LogP contribution in [-0.4, -0.2) is 50.3 Å². The maximum atomic E-state index is 11.2. The highest BCUT2D eigenvalue weighted by Gasteiger charge is 2.21. The van der Waals surface area contributed by atoms with Crippen LogP contribution in [0, 0.1) is 0 Å². The zero-order valence-corrected chi connectivity index (χ0v) is 11.6. The summed E-state index contributed by atoms with van der Waals surface area (Å²) in [6.45, 7) is 1.44. The molecule has 0 amide bonds. The Morgan fingerprint density at radius 3 is 2.31 bits per heavy atom. The average Bonchev–Trinajstić information content (AvgIpc) is 2.24. The molecule has 0 atom stereocenters. The molecule has 1 rings (SSSR count). The Morgan fingerprint density at radius 1 is 1.19 bits per heavy atom. The predicted octanol–water partition coefficient (Wildman–Crippen LogP) is 1.90. The second kappa shape index (κ2) is 6.82. The van der Waals surface area contributed by atoms with Gasteiger partial charge in [0.1, 0.15) is 9.84 Å². The van der Waals surface area contributed by atoms with E-state index in [-0.39, 0.29) is 5.75 Å². The normalized spacial score (nSPS) is 19.2. The van der Waals surface area contributed by atoms with Crippen molar-refractivity contribution in [1.82, 2.24) is 4.90 Å². The van der Waals surface area contributed by atoms with Crippen LogP contribution in [0.5, 0.6) is 0 Å². The Labute approximate surface area is 104 Å². The predicted molar refractivity (Wildman–Crippen MR) is 68.9 cm³/mol. The first-order valence-corrected chi connectivity index (χ1v) is 8.60. The lowest BCUT2D eigenvalue weighted by Gasteiger charge is -2.33. The van der Waals surface area contributed by atoms with Gasteiger partial charge in [0, 0.05) is 31.3 Å². The largest absolute Gasteiger partial charge is 0.298 e. The molecule has 0 aliphatic heterocycles. The maximum Gasteiger partial charge on any atom is 0.148 e. The molecule has 16 heavy (non-hydrogen) atoms. The van der Waals surface area contributed by atoms with Crippen molar-refractivity contribution >= 4 is 21.4 Å². The molecular weight excluding hydrogens is 246 g/mol. The van der Waals surface area contributed by atoms with Gasteiger partial charge in [-0.1, -0.05) is 19.3 Å². The third-order valence-electron chi connectivity index (χ3n) is 3.21. The fourth-order valence-corrected chi connectivity index (χ4v) is 3.10. The van der Waals surface area contributed by atoms with Gasteiger partial charge in [-0.05, 0) is 12.8 Å². The number of halogens is 1. The molecule has 0 saturated heterocycles. The highest BCUT2D eigenvalue weighted by molar-refractivity contribution is 7.90.